The van der Waals surface area contributed by atoms with Gasteiger partial charge in [0.2, 0.25) is 0 Å². The van der Waals surface area contributed by atoms with Gasteiger partial charge in [0.15, 0.2) is 0 Å². The zero-order valence-electron chi connectivity index (χ0n) is 14.0. The molecular formula is C20H21N3O. The molecule has 2 aromatic rings. The van der Waals surface area contributed by atoms with Crippen LogP contribution in [0.3, 0.4) is 0 Å². The van der Waals surface area contributed by atoms with Crippen molar-refractivity contribution in [1.82, 2.24) is 5.01 Å². The fraction of sp³-hybridized carbons (Fsp3) is 0.300. The fourth-order valence-electron chi connectivity index (χ4n) is 3.39. The fourth-order valence-corrected chi connectivity index (χ4v) is 3.39. The summed E-state index contributed by atoms with van der Waals surface area (Å²) < 4.78 is 0. The van der Waals surface area contributed by atoms with E-state index in [9.17, 15) is 4.79 Å². The molecule has 0 saturated carbocycles. The van der Waals surface area contributed by atoms with Gasteiger partial charge in [-0.1, -0.05) is 50.2 Å². The Bertz CT molecular complexity index is 808. The summed E-state index contributed by atoms with van der Waals surface area (Å²) in [4.78, 5) is 12.6. The molecule has 0 saturated heterocycles. The van der Waals surface area contributed by atoms with Crippen LogP contribution in [0.1, 0.15) is 41.8 Å². The van der Waals surface area contributed by atoms with Gasteiger partial charge in [0.1, 0.15) is 6.17 Å². The third kappa shape index (κ3) is 2.58. The summed E-state index contributed by atoms with van der Waals surface area (Å²) in [6.45, 7) is 4.45. The van der Waals surface area contributed by atoms with E-state index in [4.69, 9.17) is 0 Å². The average molecular weight is 319 g/mol. The Morgan fingerprint density at radius 3 is 2.67 bits per heavy atom. The summed E-state index contributed by atoms with van der Waals surface area (Å²) in [6.07, 6.45) is 1.72. The Hall–Kier alpha value is -2.62. The van der Waals surface area contributed by atoms with E-state index in [0.29, 0.717) is 11.5 Å². The number of nitrogens with one attached hydrogen (secondary N) is 1. The molecule has 2 aliphatic rings. The molecule has 1 atom stereocenters. The van der Waals surface area contributed by atoms with Crippen molar-refractivity contribution < 1.29 is 4.79 Å². The van der Waals surface area contributed by atoms with E-state index in [1.54, 1.807) is 5.01 Å². The monoisotopic (exact) mass is 319 g/mol. The molecule has 1 amide bonds. The molecular weight excluding hydrogens is 298 g/mol. The molecule has 0 aromatic heterocycles. The molecule has 1 N–H and O–H groups in total. The molecule has 2 heterocycles. The lowest BCUT2D eigenvalue weighted by Gasteiger charge is -2.29. The lowest BCUT2D eigenvalue weighted by molar-refractivity contribution is 0.0718. The summed E-state index contributed by atoms with van der Waals surface area (Å²) >= 11 is 0. The number of hydrogen-bond acceptors (Lipinski definition) is 3. The summed E-state index contributed by atoms with van der Waals surface area (Å²) in [5.41, 5.74) is 4.98. The molecule has 4 heteroatoms. The predicted molar refractivity (Wildman–Crippen MR) is 96.2 cm³/mol. The van der Waals surface area contributed by atoms with Crippen molar-refractivity contribution in [3.8, 4) is 0 Å². The molecule has 1 unspecified atom stereocenters. The number of fused-ring (bicyclic) bond motifs is 2. The normalized spacial score (nSPS) is 19.0. The second kappa shape index (κ2) is 5.78. The molecule has 0 fully saturated rings. The van der Waals surface area contributed by atoms with Crippen molar-refractivity contribution in [2.75, 3.05) is 5.32 Å². The van der Waals surface area contributed by atoms with Gasteiger partial charge in [0.05, 0.1) is 11.3 Å². The van der Waals surface area contributed by atoms with Crippen LogP contribution in [-0.2, 0) is 6.42 Å². The smallest absolute Gasteiger partial charge is 0.278 e. The molecule has 4 rings (SSSR count). The van der Waals surface area contributed by atoms with Crippen molar-refractivity contribution in [3.05, 3.63) is 65.2 Å². The number of carbonyl (C=O) groups is 1. The van der Waals surface area contributed by atoms with Crippen LogP contribution in [0, 0.1) is 5.92 Å². The lowest BCUT2D eigenvalue weighted by atomic mass is 9.99. The van der Waals surface area contributed by atoms with Gasteiger partial charge in [-0.2, -0.15) is 5.10 Å². The van der Waals surface area contributed by atoms with Crippen molar-refractivity contribution in [1.29, 1.82) is 0 Å². The SMILES string of the molecule is CC(C)Cc1ccc(C2=NN3C(=O)c4ccccc4NC3C2)cc1. The quantitative estimate of drug-likeness (QED) is 0.933. The van der Waals surface area contributed by atoms with Crippen molar-refractivity contribution in [3.63, 3.8) is 0 Å². The third-order valence-corrected chi connectivity index (χ3v) is 4.53. The molecule has 24 heavy (non-hydrogen) atoms. The topological polar surface area (TPSA) is 44.7 Å². The maximum absolute atomic E-state index is 12.6. The number of carbonyl (C=O) groups excluding carboxylic acids is 1. The molecule has 0 bridgehead atoms. The van der Waals surface area contributed by atoms with Crippen molar-refractivity contribution >= 4 is 17.3 Å². The lowest BCUT2D eigenvalue weighted by Crippen LogP contribution is -2.42. The molecule has 2 aliphatic heterocycles. The van der Waals surface area contributed by atoms with Crippen molar-refractivity contribution in [2.45, 2.75) is 32.9 Å². The van der Waals surface area contributed by atoms with E-state index >= 15 is 0 Å². The number of hydrazone groups is 1. The Morgan fingerprint density at radius 2 is 1.92 bits per heavy atom. The Labute approximate surface area is 142 Å². The van der Waals surface area contributed by atoms with Crippen LogP contribution >= 0.6 is 0 Å². The van der Waals surface area contributed by atoms with Crippen LogP contribution in [0.25, 0.3) is 0 Å². The number of anilines is 1. The van der Waals surface area contributed by atoms with Gasteiger partial charge in [-0.3, -0.25) is 4.79 Å². The maximum atomic E-state index is 12.6. The van der Waals surface area contributed by atoms with Crippen molar-refractivity contribution in [2.24, 2.45) is 11.0 Å². The first-order chi connectivity index (χ1) is 11.6. The van der Waals surface area contributed by atoms with Crippen LogP contribution in [0.2, 0.25) is 0 Å². The molecule has 122 valence electrons. The molecule has 0 spiro atoms. The Morgan fingerprint density at radius 1 is 1.17 bits per heavy atom. The highest BCUT2D eigenvalue weighted by Crippen LogP contribution is 2.31. The van der Waals surface area contributed by atoms with Gasteiger partial charge in [-0.05, 0) is 35.6 Å². The van der Waals surface area contributed by atoms with E-state index < -0.39 is 0 Å². The average Bonchev–Trinajstić information content (AvgIpc) is 2.99. The highest BCUT2D eigenvalue weighted by Gasteiger charge is 2.37. The van der Waals surface area contributed by atoms with Crippen LogP contribution in [0.15, 0.2) is 53.6 Å². The van der Waals surface area contributed by atoms with Crippen LogP contribution in [-0.4, -0.2) is 22.8 Å². The van der Waals surface area contributed by atoms with Gasteiger partial charge < -0.3 is 5.32 Å². The third-order valence-electron chi connectivity index (χ3n) is 4.53. The number of benzene rings is 2. The summed E-state index contributed by atoms with van der Waals surface area (Å²) in [5.74, 6) is 0.620. The number of nitrogens with zero attached hydrogens (tertiary/aromatic N) is 2. The standard InChI is InChI=1S/C20H21N3O/c1-13(2)11-14-7-9-15(10-8-14)18-12-19-21-17-6-4-3-5-16(17)20(24)23(19)22-18/h3-10,13,19,21H,11-12H2,1-2H3. The largest absolute Gasteiger partial charge is 0.363 e. The number of amides is 1. The minimum Gasteiger partial charge on any atom is -0.363 e. The highest BCUT2D eigenvalue weighted by atomic mass is 16.2. The van der Waals surface area contributed by atoms with Crippen LogP contribution in [0.5, 0.6) is 0 Å². The summed E-state index contributed by atoms with van der Waals surface area (Å²) in [5, 5.41) is 9.59. The van der Waals surface area contributed by atoms with E-state index in [1.165, 1.54) is 5.56 Å². The Kier molecular flexibility index (Phi) is 3.60. The Balaban J connectivity index is 1.58. The van der Waals surface area contributed by atoms with E-state index in [0.717, 1.165) is 29.8 Å². The molecule has 0 radical (unpaired) electrons. The minimum absolute atomic E-state index is 0.0271. The van der Waals surface area contributed by atoms with Gasteiger partial charge in [0.25, 0.3) is 5.91 Å². The van der Waals surface area contributed by atoms with Gasteiger partial charge in [-0.25, -0.2) is 5.01 Å². The zero-order valence-corrected chi connectivity index (χ0v) is 14.0. The number of hydrogen-bond donors (Lipinski definition) is 1. The summed E-state index contributed by atoms with van der Waals surface area (Å²) in [7, 11) is 0. The second-order valence-corrected chi connectivity index (χ2v) is 6.90. The molecule has 4 nitrogen and oxygen atoms in total. The van der Waals surface area contributed by atoms with Gasteiger partial charge in [0, 0.05) is 12.1 Å². The van der Waals surface area contributed by atoms with E-state index in [-0.39, 0.29) is 12.1 Å². The number of rotatable bonds is 3. The van der Waals surface area contributed by atoms with Gasteiger partial charge in [-0.15, -0.1) is 0 Å². The first-order valence-electron chi connectivity index (χ1n) is 8.48. The first kappa shape index (κ1) is 14.9. The second-order valence-electron chi connectivity index (χ2n) is 6.90. The maximum Gasteiger partial charge on any atom is 0.278 e. The molecule has 2 aromatic carbocycles. The van der Waals surface area contributed by atoms with Crippen LogP contribution in [0.4, 0.5) is 5.69 Å². The van der Waals surface area contributed by atoms with E-state index in [2.05, 4.69) is 48.5 Å². The predicted octanol–water partition coefficient (Wildman–Crippen LogP) is 3.89. The molecule has 0 aliphatic carbocycles. The number of para-hydroxylation sites is 1. The van der Waals surface area contributed by atoms with E-state index in [1.807, 2.05) is 24.3 Å². The zero-order chi connectivity index (χ0) is 16.7. The van der Waals surface area contributed by atoms with Gasteiger partial charge >= 0.3 is 0 Å². The highest BCUT2D eigenvalue weighted by molar-refractivity contribution is 6.08. The van der Waals surface area contributed by atoms with Crippen LogP contribution < -0.4 is 5.32 Å². The summed E-state index contributed by atoms with van der Waals surface area (Å²) in [6, 6.07) is 16.2. The minimum atomic E-state index is -0.0854. The first-order valence-corrected chi connectivity index (χ1v) is 8.48.